The van der Waals surface area contributed by atoms with E-state index in [2.05, 4.69) is 27.6 Å². The standard InChI is InChI=1S/C21H17N5O/c1-12-10-13(25-27)6-7-14(12)20-17-11-26(22)21-19(17)16(8-9-23-21)15-4-2-3-5-18(15)24-20/h2-11,20,24H,22H2,1H3. The number of pyridine rings is 1. The molecule has 1 unspecified atom stereocenters. The van der Waals surface area contributed by atoms with E-state index in [0.717, 1.165) is 44.5 Å². The first-order valence-electron chi connectivity index (χ1n) is 8.72. The Balaban J connectivity index is 1.84. The van der Waals surface area contributed by atoms with Crippen molar-refractivity contribution in [1.82, 2.24) is 9.66 Å². The van der Waals surface area contributed by atoms with E-state index in [-0.39, 0.29) is 6.04 Å². The second-order valence-corrected chi connectivity index (χ2v) is 6.80. The molecule has 5 rings (SSSR count). The van der Waals surface area contributed by atoms with Crippen molar-refractivity contribution in [3.05, 3.63) is 82.5 Å². The van der Waals surface area contributed by atoms with Crippen LogP contribution in [-0.4, -0.2) is 9.66 Å². The SMILES string of the molecule is Cc1cc(N=O)ccc1C1Nc2ccccc2-c2ccnc3c2c1cn3N. The number of para-hydroxylation sites is 1. The van der Waals surface area contributed by atoms with Crippen LogP contribution in [0.25, 0.3) is 22.2 Å². The molecule has 0 amide bonds. The molecule has 1 aliphatic heterocycles. The summed E-state index contributed by atoms with van der Waals surface area (Å²) in [6.07, 6.45) is 3.72. The highest BCUT2D eigenvalue weighted by molar-refractivity contribution is 6.01. The van der Waals surface area contributed by atoms with Crippen molar-refractivity contribution in [3.8, 4) is 11.1 Å². The van der Waals surface area contributed by atoms with E-state index in [1.807, 2.05) is 43.5 Å². The zero-order valence-electron chi connectivity index (χ0n) is 14.7. The first kappa shape index (κ1) is 15.6. The molecule has 6 heteroatoms. The Morgan fingerprint density at radius 3 is 2.78 bits per heavy atom. The third-order valence-electron chi connectivity index (χ3n) is 5.24. The summed E-state index contributed by atoms with van der Waals surface area (Å²) in [6, 6.07) is 15.6. The zero-order chi connectivity index (χ0) is 18.5. The monoisotopic (exact) mass is 355 g/mol. The van der Waals surface area contributed by atoms with Gasteiger partial charge in [-0.05, 0) is 53.1 Å². The smallest absolute Gasteiger partial charge is 0.159 e. The van der Waals surface area contributed by atoms with Gasteiger partial charge < -0.3 is 11.2 Å². The number of nitrogens with zero attached hydrogens (tertiary/aromatic N) is 3. The van der Waals surface area contributed by atoms with Gasteiger partial charge in [0.1, 0.15) is 5.69 Å². The average molecular weight is 355 g/mol. The van der Waals surface area contributed by atoms with Crippen molar-refractivity contribution in [2.45, 2.75) is 13.0 Å². The molecule has 0 saturated heterocycles. The molecule has 0 aliphatic carbocycles. The summed E-state index contributed by atoms with van der Waals surface area (Å²) in [6.45, 7) is 1.99. The van der Waals surface area contributed by atoms with E-state index in [1.54, 1.807) is 16.9 Å². The van der Waals surface area contributed by atoms with Crippen LogP contribution in [0.15, 0.2) is 66.1 Å². The highest BCUT2D eigenvalue weighted by atomic mass is 16.3. The van der Waals surface area contributed by atoms with Gasteiger partial charge in [0.15, 0.2) is 5.65 Å². The van der Waals surface area contributed by atoms with Crippen LogP contribution >= 0.6 is 0 Å². The second-order valence-electron chi connectivity index (χ2n) is 6.80. The second kappa shape index (κ2) is 5.67. The van der Waals surface area contributed by atoms with Gasteiger partial charge in [0.2, 0.25) is 0 Å². The van der Waals surface area contributed by atoms with Gasteiger partial charge in [-0.15, -0.1) is 4.91 Å². The maximum atomic E-state index is 10.9. The van der Waals surface area contributed by atoms with Gasteiger partial charge in [0.05, 0.1) is 6.04 Å². The summed E-state index contributed by atoms with van der Waals surface area (Å²) in [4.78, 5) is 15.4. The molecule has 1 aliphatic rings. The molecule has 4 aromatic rings. The lowest BCUT2D eigenvalue weighted by Crippen LogP contribution is -2.13. The number of hydrogen-bond donors (Lipinski definition) is 2. The number of aryl methyl sites for hydroxylation is 1. The first-order valence-corrected chi connectivity index (χ1v) is 8.72. The normalized spacial score (nSPS) is 15.1. The van der Waals surface area contributed by atoms with Gasteiger partial charge in [-0.25, -0.2) is 4.98 Å². The Morgan fingerprint density at radius 2 is 1.96 bits per heavy atom. The quantitative estimate of drug-likeness (QED) is 0.405. The van der Waals surface area contributed by atoms with E-state index in [4.69, 9.17) is 5.84 Å². The maximum absolute atomic E-state index is 10.9. The molecule has 2 aromatic carbocycles. The van der Waals surface area contributed by atoms with Crippen molar-refractivity contribution >= 4 is 22.4 Å². The van der Waals surface area contributed by atoms with Gasteiger partial charge in [0.25, 0.3) is 0 Å². The topological polar surface area (TPSA) is 85.3 Å². The Hall–Kier alpha value is -3.67. The van der Waals surface area contributed by atoms with Gasteiger partial charge in [0, 0.05) is 34.6 Å². The fourth-order valence-corrected chi connectivity index (χ4v) is 4.01. The summed E-state index contributed by atoms with van der Waals surface area (Å²) in [5.41, 5.74) is 7.56. The lowest BCUT2D eigenvalue weighted by atomic mass is 9.94. The number of fused-ring (bicyclic) bond motifs is 2. The van der Waals surface area contributed by atoms with E-state index in [1.165, 1.54) is 0 Å². The van der Waals surface area contributed by atoms with E-state index in [0.29, 0.717) is 5.69 Å². The molecule has 6 nitrogen and oxygen atoms in total. The van der Waals surface area contributed by atoms with Crippen LogP contribution in [0.3, 0.4) is 0 Å². The van der Waals surface area contributed by atoms with Crippen LogP contribution in [0, 0.1) is 11.8 Å². The van der Waals surface area contributed by atoms with Crippen molar-refractivity contribution in [1.29, 1.82) is 0 Å². The van der Waals surface area contributed by atoms with Crippen molar-refractivity contribution < 1.29 is 0 Å². The Kier molecular flexibility index (Phi) is 3.27. The van der Waals surface area contributed by atoms with Crippen LogP contribution in [0.1, 0.15) is 22.7 Å². The lowest BCUT2D eigenvalue weighted by Gasteiger charge is -2.21. The van der Waals surface area contributed by atoms with Crippen molar-refractivity contribution in [3.63, 3.8) is 0 Å². The number of anilines is 1. The van der Waals surface area contributed by atoms with Crippen LogP contribution in [0.5, 0.6) is 0 Å². The minimum atomic E-state index is -0.121. The number of aromatic nitrogens is 2. The molecule has 27 heavy (non-hydrogen) atoms. The number of nitroso groups, excluding NO2 is 1. The maximum Gasteiger partial charge on any atom is 0.159 e. The predicted molar refractivity (Wildman–Crippen MR) is 107 cm³/mol. The summed E-state index contributed by atoms with van der Waals surface area (Å²) in [5, 5.41) is 7.76. The average Bonchev–Trinajstić information content (AvgIpc) is 2.96. The minimum absolute atomic E-state index is 0.121. The summed E-state index contributed by atoms with van der Waals surface area (Å²) < 4.78 is 1.58. The molecule has 0 saturated carbocycles. The molecule has 0 radical (unpaired) electrons. The van der Waals surface area contributed by atoms with Gasteiger partial charge in [-0.1, -0.05) is 24.3 Å². The molecule has 132 valence electrons. The number of hydrogen-bond acceptors (Lipinski definition) is 5. The molecule has 3 N–H and O–H groups in total. The number of rotatable bonds is 2. The molecule has 0 bridgehead atoms. The van der Waals surface area contributed by atoms with Crippen LogP contribution in [-0.2, 0) is 0 Å². The largest absolute Gasteiger partial charge is 0.374 e. The van der Waals surface area contributed by atoms with E-state index < -0.39 is 0 Å². The summed E-state index contributed by atoms with van der Waals surface area (Å²) in [7, 11) is 0. The highest BCUT2D eigenvalue weighted by Crippen LogP contribution is 2.44. The molecular formula is C21H17N5O. The summed E-state index contributed by atoms with van der Waals surface area (Å²) in [5.74, 6) is 6.21. The zero-order valence-corrected chi connectivity index (χ0v) is 14.7. The highest BCUT2D eigenvalue weighted by Gasteiger charge is 2.27. The number of nitrogens with one attached hydrogen (secondary N) is 1. The molecule has 0 spiro atoms. The van der Waals surface area contributed by atoms with E-state index in [9.17, 15) is 4.91 Å². The molecule has 1 atom stereocenters. The molecule has 0 fully saturated rings. The number of nitrogen functional groups attached to an aromatic ring is 1. The lowest BCUT2D eigenvalue weighted by molar-refractivity contribution is 0.923. The van der Waals surface area contributed by atoms with Gasteiger partial charge in [-0.3, -0.25) is 4.68 Å². The fourth-order valence-electron chi connectivity index (χ4n) is 4.01. The van der Waals surface area contributed by atoms with Gasteiger partial charge in [-0.2, -0.15) is 0 Å². The fraction of sp³-hybridized carbons (Fsp3) is 0.0952. The Morgan fingerprint density at radius 1 is 1.11 bits per heavy atom. The van der Waals surface area contributed by atoms with Crippen molar-refractivity contribution in [2.75, 3.05) is 11.2 Å². The van der Waals surface area contributed by atoms with Crippen LogP contribution in [0.2, 0.25) is 0 Å². The number of benzene rings is 2. The molecule has 2 aromatic heterocycles. The minimum Gasteiger partial charge on any atom is -0.374 e. The first-order chi connectivity index (χ1) is 13.2. The Labute approximate surface area is 155 Å². The van der Waals surface area contributed by atoms with Crippen molar-refractivity contribution in [2.24, 2.45) is 5.18 Å². The third-order valence-corrected chi connectivity index (χ3v) is 5.24. The third kappa shape index (κ3) is 2.23. The molecule has 3 heterocycles. The van der Waals surface area contributed by atoms with Crippen LogP contribution in [0.4, 0.5) is 11.4 Å². The predicted octanol–water partition coefficient (Wildman–Crippen LogP) is 4.64. The molecular weight excluding hydrogens is 338 g/mol. The van der Waals surface area contributed by atoms with Crippen LogP contribution < -0.4 is 11.2 Å². The summed E-state index contributed by atoms with van der Waals surface area (Å²) >= 11 is 0. The number of nitrogens with two attached hydrogens (primary N) is 1. The Bertz CT molecular complexity index is 1210. The van der Waals surface area contributed by atoms with Gasteiger partial charge >= 0.3 is 0 Å². The van der Waals surface area contributed by atoms with E-state index >= 15 is 0 Å².